The van der Waals surface area contributed by atoms with Gasteiger partial charge in [-0.1, -0.05) is 0 Å². The van der Waals surface area contributed by atoms with Gasteiger partial charge in [0.15, 0.2) is 5.69 Å². The number of nitrogens with zero attached hydrogens (tertiary/aromatic N) is 4. The number of aryl methyl sites for hydroxylation is 1. The number of nitrogens with two attached hydrogens (primary N) is 1. The Morgan fingerprint density at radius 2 is 1.94 bits per heavy atom. The first-order chi connectivity index (χ1) is 7.61. The number of rotatable bonds is 2. The monoisotopic (exact) mass is 217 g/mol. The van der Waals surface area contributed by atoms with Crippen LogP contribution in [0, 0.1) is 13.8 Å². The van der Waals surface area contributed by atoms with Gasteiger partial charge >= 0.3 is 0 Å². The van der Waals surface area contributed by atoms with E-state index in [2.05, 4.69) is 15.2 Å². The lowest BCUT2D eigenvalue weighted by Gasteiger charge is -2.10. The van der Waals surface area contributed by atoms with Crippen molar-refractivity contribution < 1.29 is 4.79 Å². The standard InChI is InChI=1S/C10H11N5O/c1-6-5-12-8(10(11)16)9(7(6)2)15-13-3-4-14-15/h3-5H,1-2H3,(H2,11,16). The molecule has 6 nitrogen and oxygen atoms in total. The molecule has 0 aliphatic rings. The quantitative estimate of drug-likeness (QED) is 0.787. The van der Waals surface area contributed by atoms with Gasteiger partial charge in [0.1, 0.15) is 5.69 Å². The van der Waals surface area contributed by atoms with E-state index in [-0.39, 0.29) is 5.69 Å². The summed E-state index contributed by atoms with van der Waals surface area (Å²) < 4.78 is 0. The molecule has 0 saturated carbocycles. The molecule has 2 heterocycles. The Morgan fingerprint density at radius 1 is 1.31 bits per heavy atom. The summed E-state index contributed by atoms with van der Waals surface area (Å²) in [5.74, 6) is -0.588. The van der Waals surface area contributed by atoms with E-state index in [1.54, 1.807) is 6.20 Å². The number of carbonyl (C=O) groups is 1. The molecular formula is C10H11N5O. The molecule has 2 aromatic heterocycles. The van der Waals surface area contributed by atoms with Crippen LogP contribution in [0.15, 0.2) is 18.6 Å². The number of amides is 1. The maximum atomic E-state index is 11.3. The van der Waals surface area contributed by atoms with Crippen LogP contribution in [0.2, 0.25) is 0 Å². The SMILES string of the molecule is Cc1cnc(C(N)=O)c(-n2nccn2)c1C. The number of primary amides is 1. The Kier molecular flexibility index (Phi) is 2.40. The molecule has 2 N–H and O–H groups in total. The van der Waals surface area contributed by atoms with E-state index in [1.165, 1.54) is 17.2 Å². The molecule has 2 rings (SSSR count). The molecule has 0 atom stereocenters. The molecule has 0 bridgehead atoms. The van der Waals surface area contributed by atoms with Crippen LogP contribution in [0.3, 0.4) is 0 Å². The third-order valence-corrected chi connectivity index (χ3v) is 2.41. The number of hydrogen-bond acceptors (Lipinski definition) is 4. The predicted octanol–water partition coefficient (Wildman–Crippen LogP) is 0.378. The van der Waals surface area contributed by atoms with E-state index in [0.29, 0.717) is 5.69 Å². The highest BCUT2D eigenvalue weighted by Gasteiger charge is 2.16. The van der Waals surface area contributed by atoms with Gasteiger partial charge in [-0.05, 0) is 25.0 Å². The molecule has 1 amide bonds. The molecule has 0 radical (unpaired) electrons. The van der Waals surface area contributed by atoms with Gasteiger partial charge in [-0.2, -0.15) is 10.2 Å². The van der Waals surface area contributed by atoms with Crippen LogP contribution in [0.5, 0.6) is 0 Å². The summed E-state index contributed by atoms with van der Waals surface area (Å²) in [6.45, 7) is 3.78. The zero-order valence-corrected chi connectivity index (χ0v) is 9.01. The van der Waals surface area contributed by atoms with Crippen LogP contribution in [-0.2, 0) is 0 Å². The van der Waals surface area contributed by atoms with E-state index in [4.69, 9.17) is 5.73 Å². The van der Waals surface area contributed by atoms with Crippen LogP contribution < -0.4 is 5.73 Å². The van der Waals surface area contributed by atoms with E-state index in [0.717, 1.165) is 11.1 Å². The highest BCUT2D eigenvalue weighted by molar-refractivity contribution is 5.94. The third-order valence-electron chi connectivity index (χ3n) is 2.41. The van der Waals surface area contributed by atoms with Crippen molar-refractivity contribution >= 4 is 5.91 Å². The van der Waals surface area contributed by atoms with E-state index in [9.17, 15) is 4.79 Å². The molecule has 2 aromatic rings. The lowest BCUT2D eigenvalue weighted by Crippen LogP contribution is -2.19. The first-order valence-corrected chi connectivity index (χ1v) is 4.74. The van der Waals surface area contributed by atoms with Gasteiger partial charge in [-0.25, -0.2) is 4.98 Å². The summed E-state index contributed by atoms with van der Waals surface area (Å²) in [6.07, 6.45) is 4.68. The van der Waals surface area contributed by atoms with Gasteiger partial charge in [0.05, 0.1) is 12.4 Å². The van der Waals surface area contributed by atoms with Crippen molar-refractivity contribution in [1.82, 2.24) is 20.0 Å². The van der Waals surface area contributed by atoms with Crippen molar-refractivity contribution in [3.63, 3.8) is 0 Å². The van der Waals surface area contributed by atoms with Crippen molar-refractivity contribution in [1.29, 1.82) is 0 Å². The predicted molar refractivity (Wildman–Crippen MR) is 57.1 cm³/mol. The fourth-order valence-electron chi connectivity index (χ4n) is 1.44. The third kappa shape index (κ3) is 1.54. The second-order valence-corrected chi connectivity index (χ2v) is 3.45. The van der Waals surface area contributed by atoms with Crippen LogP contribution in [-0.4, -0.2) is 25.9 Å². The molecule has 0 aliphatic heterocycles. The highest BCUT2D eigenvalue weighted by Crippen LogP contribution is 2.18. The molecule has 6 heteroatoms. The molecule has 0 saturated heterocycles. The lowest BCUT2D eigenvalue weighted by molar-refractivity contribution is 0.0995. The average Bonchev–Trinajstić information content (AvgIpc) is 2.74. The average molecular weight is 217 g/mol. The Morgan fingerprint density at radius 3 is 2.50 bits per heavy atom. The van der Waals surface area contributed by atoms with Gasteiger partial charge in [0.25, 0.3) is 5.91 Å². The normalized spacial score (nSPS) is 10.4. The van der Waals surface area contributed by atoms with Crippen LogP contribution >= 0.6 is 0 Å². The first-order valence-electron chi connectivity index (χ1n) is 4.74. The second kappa shape index (κ2) is 3.73. The maximum Gasteiger partial charge on any atom is 0.269 e. The van der Waals surface area contributed by atoms with E-state index >= 15 is 0 Å². The van der Waals surface area contributed by atoms with E-state index < -0.39 is 5.91 Å². The minimum Gasteiger partial charge on any atom is -0.364 e. The number of pyridine rings is 1. The summed E-state index contributed by atoms with van der Waals surface area (Å²) in [4.78, 5) is 16.6. The fourth-order valence-corrected chi connectivity index (χ4v) is 1.44. The maximum absolute atomic E-state index is 11.3. The Balaban J connectivity index is 2.74. The fraction of sp³-hybridized carbons (Fsp3) is 0.200. The van der Waals surface area contributed by atoms with Crippen LogP contribution in [0.4, 0.5) is 0 Å². The van der Waals surface area contributed by atoms with Crippen LogP contribution in [0.1, 0.15) is 21.6 Å². The molecule has 0 aliphatic carbocycles. The highest BCUT2D eigenvalue weighted by atomic mass is 16.1. The molecule has 0 aromatic carbocycles. The summed E-state index contributed by atoms with van der Waals surface area (Å²) in [7, 11) is 0. The van der Waals surface area contributed by atoms with Gasteiger partial charge in [-0.15, -0.1) is 4.80 Å². The van der Waals surface area contributed by atoms with Crippen molar-refractivity contribution in [2.24, 2.45) is 5.73 Å². The second-order valence-electron chi connectivity index (χ2n) is 3.45. The largest absolute Gasteiger partial charge is 0.364 e. The number of carbonyl (C=O) groups excluding carboxylic acids is 1. The van der Waals surface area contributed by atoms with Crippen molar-refractivity contribution in [3.05, 3.63) is 35.4 Å². The smallest absolute Gasteiger partial charge is 0.269 e. The van der Waals surface area contributed by atoms with Gasteiger partial charge < -0.3 is 5.73 Å². The molecule has 0 spiro atoms. The summed E-state index contributed by atoms with van der Waals surface area (Å²) in [5.41, 5.74) is 7.83. The number of hydrogen-bond donors (Lipinski definition) is 1. The van der Waals surface area contributed by atoms with Gasteiger partial charge in [-0.3, -0.25) is 4.79 Å². The number of aromatic nitrogens is 4. The topological polar surface area (TPSA) is 86.7 Å². The molecule has 82 valence electrons. The Hall–Kier alpha value is -2.24. The lowest BCUT2D eigenvalue weighted by atomic mass is 10.1. The summed E-state index contributed by atoms with van der Waals surface area (Å²) >= 11 is 0. The molecular weight excluding hydrogens is 206 g/mol. The zero-order valence-electron chi connectivity index (χ0n) is 9.01. The van der Waals surface area contributed by atoms with Gasteiger partial charge in [0, 0.05) is 6.20 Å². The summed E-state index contributed by atoms with van der Waals surface area (Å²) in [5, 5.41) is 7.98. The molecule has 0 fully saturated rings. The Labute approximate surface area is 92.1 Å². The van der Waals surface area contributed by atoms with Crippen LogP contribution in [0.25, 0.3) is 5.69 Å². The van der Waals surface area contributed by atoms with Crippen molar-refractivity contribution in [3.8, 4) is 5.69 Å². The zero-order chi connectivity index (χ0) is 11.7. The van der Waals surface area contributed by atoms with Crippen molar-refractivity contribution in [2.75, 3.05) is 0 Å². The minimum atomic E-state index is -0.588. The minimum absolute atomic E-state index is 0.180. The molecule has 0 unspecified atom stereocenters. The molecule has 16 heavy (non-hydrogen) atoms. The summed E-state index contributed by atoms with van der Waals surface area (Å²) in [6, 6.07) is 0. The van der Waals surface area contributed by atoms with Gasteiger partial charge in [0.2, 0.25) is 0 Å². The Bertz CT molecular complexity index is 532. The van der Waals surface area contributed by atoms with Crippen molar-refractivity contribution in [2.45, 2.75) is 13.8 Å². The first kappa shape index (κ1) is 10.3. The van der Waals surface area contributed by atoms with E-state index in [1.807, 2.05) is 13.8 Å².